The van der Waals surface area contributed by atoms with Crippen LogP contribution in [0.25, 0.3) is 6.08 Å². The highest BCUT2D eigenvalue weighted by atomic mass is 35.5. The van der Waals surface area contributed by atoms with Crippen molar-refractivity contribution < 1.29 is 48.0 Å². The molecular formula is C18H22ClF3N2O7. The fourth-order valence-corrected chi connectivity index (χ4v) is 3.27. The van der Waals surface area contributed by atoms with E-state index in [0.717, 1.165) is 6.08 Å². The van der Waals surface area contributed by atoms with Gasteiger partial charge in [0.15, 0.2) is 6.10 Å². The second-order valence-corrected chi connectivity index (χ2v) is 8.03. The van der Waals surface area contributed by atoms with Crippen LogP contribution in [-0.2, 0) is 24.6 Å². The Morgan fingerprint density at radius 3 is 2.58 bits per heavy atom. The van der Waals surface area contributed by atoms with Gasteiger partial charge in [0.1, 0.15) is 19.0 Å². The van der Waals surface area contributed by atoms with Crippen LogP contribution < -0.4 is 16.0 Å². The number of benzene rings is 1. The molecule has 0 aliphatic carbocycles. The van der Waals surface area contributed by atoms with E-state index in [1.807, 2.05) is 20.8 Å². The number of esters is 1. The maximum absolute atomic E-state index is 13.7. The molecule has 1 unspecified atom stereocenters. The van der Waals surface area contributed by atoms with Crippen molar-refractivity contribution in [3.63, 3.8) is 0 Å². The number of ether oxygens (including phenoxy) is 2. The number of halogens is 4. The van der Waals surface area contributed by atoms with Crippen LogP contribution in [-0.4, -0.2) is 42.8 Å². The van der Waals surface area contributed by atoms with Gasteiger partial charge in [-0.3, -0.25) is 10.0 Å². The van der Waals surface area contributed by atoms with Crippen molar-refractivity contribution in [1.29, 1.82) is 0 Å². The number of rotatable bonds is 8. The molecule has 1 aromatic rings. The van der Waals surface area contributed by atoms with Crippen molar-refractivity contribution >= 4 is 23.6 Å². The van der Waals surface area contributed by atoms with Gasteiger partial charge in [0.2, 0.25) is 6.10 Å². The second kappa shape index (κ2) is 10.1. The summed E-state index contributed by atoms with van der Waals surface area (Å²) in [5.41, 5.74) is 0.840. The van der Waals surface area contributed by atoms with E-state index in [-0.39, 0.29) is 17.0 Å². The number of alkyl halides is 3. The molecule has 0 saturated carbocycles. The third kappa shape index (κ3) is 6.53. The third-order valence-corrected chi connectivity index (χ3v) is 4.55. The molecule has 1 aliphatic rings. The molecule has 1 aliphatic heterocycles. The molecule has 1 heterocycles. The average molecular weight is 471 g/mol. The number of quaternary nitrogens is 1. The van der Waals surface area contributed by atoms with E-state index >= 15 is 0 Å². The van der Waals surface area contributed by atoms with Gasteiger partial charge in [0.25, 0.3) is 0 Å². The van der Waals surface area contributed by atoms with Gasteiger partial charge in [-0.05, 0) is 29.2 Å². The zero-order valence-electron chi connectivity index (χ0n) is 16.8. The number of hydrogen-bond acceptors (Lipinski definition) is 8. The van der Waals surface area contributed by atoms with Gasteiger partial charge < -0.3 is 14.7 Å². The lowest BCUT2D eigenvalue weighted by Crippen LogP contribution is -2.77. The van der Waals surface area contributed by atoms with Crippen molar-refractivity contribution in [2.45, 2.75) is 44.6 Å². The van der Waals surface area contributed by atoms with Gasteiger partial charge in [-0.25, -0.2) is 15.3 Å². The smallest absolute Gasteiger partial charge is 0.430 e. The van der Waals surface area contributed by atoms with Crippen LogP contribution in [0.3, 0.4) is 0 Å². The largest absolute Gasteiger partial charge is 0.601 e. The first-order chi connectivity index (χ1) is 14.4. The van der Waals surface area contributed by atoms with E-state index in [0.29, 0.717) is 10.6 Å². The molecule has 2 atom stereocenters. The molecule has 0 fully saturated rings. The molecule has 174 valence electrons. The minimum Gasteiger partial charge on any atom is -0.601 e. The first-order valence-corrected chi connectivity index (χ1v) is 9.32. The first kappa shape index (κ1) is 25.3. The number of fused-ring (bicyclic) bond motifs is 1. The van der Waals surface area contributed by atoms with Gasteiger partial charge in [-0.15, -0.1) is 0 Å². The molecule has 0 aromatic heterocycles. The predicted octanol–water partition coefficient (Wildman–Crippen LogP) is 2.16. The third-order valence-electron chi connectivity index (χ3n) is 4.24. The summed E-state index contributed by atoms with van der Waals surface area (Å²) in [5, 5.41) is 19.1. The van der Waals surface area contributed by atoms with E-state index in [2.05, 4.69) is 9.68 Å². The number of nitrogens with one attached hydrogen (secondary N) is 1. The molecule has 13 heteroatoms. The zero-order valence-corrected chi connectivity index (χ0v) is 17.5. The van der Waals surface area contributed by atoms with E-state index in [1.165, 1.54) is 17.8 Å². The summed E-state index contributed by atoms with van der Waals surface area (Å²) in [4.78, 5) is 21.4. The van der Waals surface area contributed by atoms with Crippen LogP contribution in [0.4, 0.5) is 13.2 Å². The molecule has 0 amide bonds. The second-order valence-electron chi connectivity index (χ2n) is 7.62. The molecular weight excluding hydrogens is 449 g/mol. The number of nitrogens with two attached hydrogens (primary N) is 1. The Kier molecular flexibility index (Phi) is 8.27. The first-order valence-electron chi connectivity index (χ1n) is 8.94. The Labute approximate surface area is 180 Å². The van der Waals surface area contributed by atoms with Crippen LogP contribution in [0.2, 0.25) is 5.02 Å². The fourth-order valence-electron chi connectivity index (χ4n) is 2.81. The molecule has 0 spiro atoms. The maximum Gasteiger partial charge on any atom is 0.430 e. The standard InChI is InChI=1S/C18H22ClF3N2O7/c1-17(2,3)12-6-14-9(5-13(12)19)4-11(15(31-14)18(20,21)22)16(25)30-10(7-28-23-26)8-29-24-27/h4-6,10,15,23,26H,7-8,24H2,1-3H3/t10?,15-/m0/s1. The monoisotopic (exact) mass is 470 g/mol. The molecule has 2 rings (SSSR count). The van der Waals surface area contributed by atoms with Gasteiger partial charge in [-0.1, -0.05) is 38.0 Å². The van der Waals surface area contributed by atoms with E-state index in [4.69, 9.17) is 26.3 Å². The molecule has 0 saturated heterocycles. The normalized spacial score (nSPS) is 17.5. The molecule has 1 aromatic carbocycles. The Balaban J connectivity index is 2.41. The summed E-state index contributed by atoms with van der Waals surface area (Å²) in [6, 6.07) is 2.82. The van der Waals surface area contributed by atoms with Crippen LogP contribution in [0, 0.1) is 5.21 Å². The molecule has 0 bridgehead atoms. The summed E-state index contributed by atoms with van der Waals surface area (Å²) in [5.74, 6) is -1.45. The topological polar surface area (TPSA) is 126 Å². The average Bonchev–Trinajstić information content (AvgIpc) is 2.66. The zero-order chi connectivity index (χ0) is 23.4. The van der Waals surface area contributed by atoms with Crippen LogP contribution in [0.5, 0.6) is 5.75 Å². The summed E-state index contributed by atoms with van der Waals surface area (Å²) < 4.78 is 51.1. The Morgan fingerprint density at radius 2 is 2.03 bits per heavy atom. The van der Waals surface area contributed by atoms with Crippen molar-refractivity contribution in [2.75, 3.05) is 13.2 Å². The summed E-state index contributed by atoms with van der Waals surface area (Å²) in [6.07, 6.45) is -7.84. The van der Waals surface area contributed by atoms with Crippen molar-refractivity contribution in [2.24, 2.45) is 0 Å². The quantitative estimate of drug-likeness (QED) is 0.390. The minimum absolute atomic E-state index is 0.0553. The maximum atomic E-state index is 13.7. The SMILES string of the molecule is CC(C)(C)c1cc2c(cc1Cl)C=C(C(=O)OC(CONO)CO[NH2+][O-])[C@@H](C(F)(F)F)O2. The van der Waals surface area contributed by atoms with Crippen molar-refractivity contribution in [3.05, 3.63) is 39.1 Å². The summed E-state index contributed by atoms with van der Waals surface area (Å²) in [7, 11) is 0. The Morgan fingerprint density at radius 1 is 1.35 bits per heavy atom. The Hall–Kier alpha value is -1.93. The number of carbonyl (C=O) groups is 1. The number of carbonyl (C=O) groups excluding carboxylic acids is 1. The fraction of sp³-hybridized carbons (Fsp3) is 0.500. The van der Waals surface area contributed by atoms with Gasteiger partial charge >= 0.3 is 12.1 Å². The lowest BCUT2D eigenvalue weighted by atomic mass is 9.85. The van der Waals surface area contributed by atoms with Crippen LogP contribution in [0.1, 0.15) is 31.9 Å². The highest BCUT2D eigenvalue weighted by Crippen LogP contribution is 2.42. The van der Waals surface area contributed by atoms with E-state index in [1.54, 1.807) is 0 Å². The predicted molar refractivity (Wildman–Crippen MR) is 101 cm³/mol. The molecule has 0 radical (unpaired) electrons. The highest BCUT2D eigenvalue weighted by molar-refractivity contribution is 6.31. The highest BCUT2D eigenvalue weighted by Gasteiger charge is 2.49. The molecule has 4 N–H and O–H groups in total. The lowest BCUT2D eigenvalue weighted by Gasteiger charge is -2.30. The van der Waals surface area contributed by atoms with Crippen LogP contribution >= 0.6 is 11.6 Å². The Bertz CT molecular complexity index is 820. The van der Waals surface area contributed by atoms with Crippen molar-refractivity contribution in [3.8, 4) is 5.75 Å². The minimum atomic E-state index is -4.93. The molecule has 31 heavy (non-hydrogen) atoms. The summed E-state index contributed by atoms with van der Waals surface area (Å²) in [6.45, 7) is 4.49. The van der Waals surface area contributed by atoms with Gasteiger partial charge in [-0.2, -0.15) is 13.2 Å². The van der Waals surface area contributed by atoms with E-state index < -0.39 is 48.6 Å². The molecule has 9 nitrogen and oxygen atoms in total. The van der Waals surface area contributed by atoms with Crippen LogP contribution in [0.15, 0.2) is 17.7 Å². The van der Waals surface area contributed by atoms with Gasteiger partial charge in [0.05, 0.1) is 5.57 Å². The van der Waals surface area contributed by atoms with E-state index in [9.17, 15) is 23.2 Å². The van der Waals surface area contributed by atoms with Crippen molar-refractivity contribution in [1.82, 2.24) is 5.64 Å². The van der Waals surface area contributed by atoms with Gasteiger partial charge in [0, 0.05) is 10.6 Å². The summed E-state index contributed by atoms with van der Waals surface area (Å²) >= 11 is 6.28. The number of hydrogen-bond donors (Lipinski definition) is 3. The lowest BCUT2D eigenvalue weighted by molar-refractivity contribution is -0.851.